The second-order valence-electron chi connectivity index (χ2n) is 6.46. The number of non-ortho nitro benzene ring substituents is 1. The van der Waals surface area contributed by atoms with E-state index in [0.29, 0.717) is 29.5 Å². The van der Waals surface area contributed by atoms with Crippen LogP contribution in [0.3, 0.4) is 0 Å². The summed E-state index contributed by atoms with van der Waals surface area (Å²) < 4.78 is 0. The third kappa shape index (κ3) is 5.43. The first-order valence-electron chi connectivity index (χ1n) is 9.25. The minimum atomic E-state index is -0.635. The number of nitrogens with one attached hydrogen (secondary N) is 1. The molecular weight excluding hydrogens is 408 g/mol. The Morgan fingerprint density at radius 3 is 2.53 bits per heavy atom. The van der Waals surface area contributed by atoms with E-state index < -0.39 is 10.2 Å². The van der Waals surface area contributed by atoms with Crippen LogP contribution in [0.15, 0.2) is 59.6 Å². The van der Waals surface area contributed by atoms with Crippen LogP contribution < -0.4 is 5.32 Å². The summed E-state index contributed by atoms with van der Waals surface area (Å²) in [5.74, 6) is -0.611. The second kappa shape index (κ2) is 9.99. The largest absolute Gasteiger partial charge is 0.396 e. The van der Waals surface area contributed by atoms with E-state index in [1.807, 2.05) is 30.3 Å². The number of aliphatic imine (C=N–C) groups is 1. The number of rotatable bonds is 8. The van der Waals surface area contributed by atoms with Gasteiger partial charge in [0.25, 0.3) is 5.69 Å². The van der Waals surface area contributed by atoms with E-state index >= 15 is 0 Å². The van der Waals surface area contributed by atoms with Gasteiger partial charge < -0.3 is 10.4 Å². The fourth-order valence-corrected chi connectivity index (χ4v) is 4.00. The number of amides is 2. The highest BCUT2D eigenvalue weighted by atomic mass is 32.2. The van der Waals surface area contributed by atoms with E-state index in [1.54, 1.807) is 0 Å². The number of nitro groups is 1. The maximum atomic E-state index is 12.8. The number of carbonyl (C=O) groups is 2. The van der Waals surface area contributed by atoms with Crippen molar-refractivity contribution in [3.05, 3.63) is 64.7 Å². The molecule has 0 radical (unpaired) electrons. The normalized spacial score (nSPS) is 17.4. The molecule has 0 saturated carbocycles. The van der Waals surface area contributed by atoms with Crippen molar-refractivity contribution in [2.45, 2.75) is 18.1 Å². The standard InChI is InChI=1S/C20H20N4O5S/c25-12-4-11-23-19(27)17(30-20(23)22-14-5-2-1-3-6-14)13-18(26)21-15-7-9-16(10-8-15)24(28)29/h1-3,5-10,17,25H,4,11-13H2,(H,21,26)/t17-/m0/s1. The third-order valence-electron chi connectivity index (χ3n) is 4.27. The molecule has 0 spiro atoms. The number of thioether (sulfide) groups is 1. The lowest BCUT2D eigenvalue weighted by Gasteiger charge is -2.15. The molecule has 2 aromatic carbocycles. The summed E-state index contributed by atoms with van der Waals surface area (Å²) >= 11 is 1.21. The van der Waals surface area contributed by atoms with E-state index in [2.05, 4.69) is 10.3 Å². The van der Waals surface area contributed by atoms with Gasteiger partial charge in [-0.05, 0) is 30.7 Å². The molecule has 1 fully saturated rings. The van der Waals surface area contributed by atoms with Gasteiger partial charge in [0.1, 0.15) is 5.25 Å². The molecule has 9 nitrogen and oxygen atoms in total. The van der Waals surface area contributed by atoms with Crippen molar-refractivity contribution in [2.75, 3.05) is 18.5 Å². The molecule has 1 aliphatic heterocycles. The molecular formula is C20H20N4O5S. The van der Waals surface area contributed by atoms with Crippen molar-refractivity contribution >= 4 is 45.8 Å². The molecule has 2 N–H and O–H groups in total. The summed E-state index contributed by atoms with van der Waals surface area (Å²) in [4.78, 5) is 41.4. The zero-order valence-electron chi connectivity index (χ0n) is 15.9. The van der Waals surface area contributed by atoms with Crippen LogP contribution in [0.4, 0.5) is 17.1 Å². The SMILES string of the molecule is O=C(C[C@@H]1SC(=Nc2ccccc2)N(CCCO)C1=O)Nc1ccc([N+](=O)[O-])cc1. The third-order valence-corrected chi connectivity index (χ3v) is 5.45. The summed E-state index contributed by atoms with van der Waals surface area (Å²) in [6.45, 7) is 0.257. The topological polar surface area (TPSA) is 125 Å². The summed E-state index contributed by atoms with van der Waals surface area (Å²) in [6.07, 6.45) is 0.339. The molecule has 1 saturated heterocycles. The number of benzene rings is 2. The van der Waals surface area contributed by atoms with Crippen molar-refractivity contribution < 1.29 is 19.6 Å². The van der Waals surface area contributed by atoms with Crippen LogP contribution in [0.25, 0.3) is 0 Å². The zero-order chi connectivity index (χ0) is 21.5. The van der Waals surface area contributed by atoms with Gasteiger partial charge in [0.15, 0.2) is 5.17 Å². The average molecular weight is 428 g/mol. The Morgan fingerprint density at radius 1 is 1.20 bits per heavy atom. The number of hydrogen-bond donors (Lipinski definition) is 2. The lowest BCUT2D eigenvalue weighted by molar-refractivity contribution is -0.384. The molecule has 0 aliphatic carbocycles. The van der Waals surface area contributed by atoms with E-state index in [9.17, 15) is 19.7 Å². The number of aliphatic hydroxyl groups excluding tert-OH is 1. The molecule has 2 amide bonds. The molecule has 1 atom stereocenters. The van der Waals surface area contributed by atoms with Gasteiger partial charge in [-0.2, -0.15) is 0 Å². The minimum absolute atomic E-state index is 0.0572. The first-order chi connectivity index (χ1) is 14.5. The van der Waals surface area contributed by atoms with Crippen molar-refractivity contribution in [1.82, 2.24) is 4.90 Å². The van der Waals surface area contributed by atoms with Crippen LogP contribution in [-0.2, 0) is 9.59 Å². The predicted molar refractivity (Wildman–Crippen MR) is 115 cm³/mol. The molecule has 1 aliphatic rings. The molecule has 156 valence electrons. The summed E-state index contributed by atoms with van der Waals surface area (Å²) in [6, 6.07) is 14.7. The molecule has 0 aromatic heterocycles. The predicted octanol–water partition coefficient (Wildman–Crippen LogP) is 2.94. The van der Waals surface area contributed by atoms with E-state index in [4.69, 9.17) is 5.11 Å². The van der Waals surface area contributed by atoms with Crippen LogP contribution in [0.1, 0.15) is 12.8 Å². The Kier molecular flexibility index (Phi) is 7.15. The number of para-hydroxylation sites is 1. The highest BCUT2D eigenvalue weighted by Crippen LogP contribution is 2.32. The van der Waals surface area contributed by atoms with Crippen LogP contribution in [-0.4, -0.2) is 50.3 Å². The van der Waals surface area contributed by atoms with Gasteiger partial charge in [-0.15, -0.1) is 0 Å². The number of nitrogens with zero attached hydrogens (tertiary/aromatic N) is 3. The fraction of sp³-hybridized carbons (Fsp3) is 0.250. The summed E-state index contributed by atoms with van der Waals surface area (Å²) in [5, 5.41) is 22.4. The van der Waals surface area contributed by atoms with E-state index in [0.717, 1.165) is 0 Å². The molecule has 1 heterocycles. The van der Waals surface area contributed by atoms with Crippen molar-refractivity contribution in [3.8, 4) is 0 Å². The molecule has 0 bridgehead atoms. The Balaban J connectivity index is 1.69. The zero-order valence-corrected chi connectivity index (χ0v) is 16.7. The lowest BCUT2D eigenvalue weighted by Crippen LogP contribution is -2.34. The van der Waals surface area contributed by atoms with Crippen LogP contribution in [0, 0.1) is 10.1 Å². The molecule has 3 rings (SSSR count). The second-order valence-corrected chi connectivity index (χ2v) is 7.63. The Labute approximate surface area is 177 Å². The van der Waals surface area contributed by atoms with Gasteiger partial charge in [-0.25, -0.2) is 4.99 Å². The number of amidine groups is 1. The maximum absolute atomic E-state index is 12.8. The number of nitro benzene ring substituents is 1. The van der Waals surface area contributed by atoms with Gasteiger partial charge in [0.05, 0.1) is 10.6 Å². The van der Waals surface area contributed by atoms with Crippen LogP contribution >= 0.6 is 11.8 Å². The number of hydrogen-bond acceptors (Lipinski definition) is 7. The molecule has 0 unspecified atom stereocenters. The highest BCUT2D eigenvalue weighted by molar-refractivity contribution is 8.15. The van der Waals surface area contributed by atoms with Gasteiger partial charge in [-0.3, -0.25) is 24.6 Å². The smallest absolute Gasteiger partial charge is 0.269 e. The van der Waals surface area contributed by atoms with Crippen molar-refractivity contribution in [1.29, 1.82) is 0 Å². The lowest BCUT2D eigenvalue weighted by atomic mass is 10.2. The van der Waals surface area contributed by atoms with E-state index in [1.165, 1.54) is 40.9 Å². The summed E-state index contributed by atoms with van der Waals surface area (Å²) in [5.41, 5.74) is 1.03. The first kappa shape index (κ1) is 21.5. The van der Waals surface area contributed by atoms with Gasteiger partial charge in [0, 0.05) is 37.4 Å². The maximum Gasteiger partial charge on any atom is 0.269 e. The fourth-order valence-electron chi connectivity index (χ4n) is 2.82. The Bertz CT molecular complexity index is 949. The Morgan fingerprint density at radius 2 is 1.90 bits per heavy atom. The van der Waals surface area contributed by atoms with Crippen molar-refractivity contribution in [2.24, 2.45) is 4.99 Å². The van der Waals surface area contributed by atoms with Crippen molar-refractivity contribution in [3.63, 3.8) is 0 Å². The summed E-state index contributed by atoms with van der Waals surface area (Å²) in [7, 11) is 0. The quantitative estimate of drug-likeness (QED) is 0.492. The molecule has 10 heteroatoms. The highest BCUT2D eigenvalue weighted by Gasteiger charge is 2.38. The minimum Gasteiger partial charge on any atom is -0.396 e. The molecule has 30 heavy (non-hydrogen) atoms. The number of aliphatic hydroxyl groups is 1. The average Bonchev–Trinajstić information content (AvgIpc) is 3.01. The number of carbonyl (C=O) groups excluding carboxylic acids is 2. The van der Waals surface area contributed by atoms with Crippen LogP contribution in [0.2, 0.25) is 0 Å². The number of anilines is 1. The van der Waals surface area contributed by atoms with E-state index in [-0.39, 0.29) is 30.5 Å². The van der Waals surface area contributed by atoms with Gasteiger partial charge >= 0.3 is 0 Å². The first-order valence-corrected chi connectivity index (χ1v) is 10.1. The molecule has 2 aromatic rings. The van der Waals surface area contributed by atoms with Gasteiger partial charge in [-0.1, -0.05) is 30.0 Å². The monoisotopic (exact) mass is 428 g/mol. The van der Waals surface area contributed by atoms with Gasteiger partial charge in [0.2, 0.25) is 11.8 Å². The van der Waals surface area contributed by atoms with Crippen LogP contribution in [0.5, 0.6) is 0 Å². The Hall–Kier alpha value is -3.24.